The molecule has 3 aromatic rings. The quantitative estimate of drug-likeness (QED) is 0.737. The average Bonchev–Trinajstić information content (AvgIpc) is 2.88. The molecule has 4 nitrogen and oxygen atoms in total. The van der Waals surface area contributed by atoms with E-state index in [2.05, 4.69) is 10.1 Å². The molecule has 0 fully saturated rings. The number of hydrogen-bond donors (Lipinski definition) is 1. The van der Waals surface area contributed by atoms with Crippen molar-refractivity contribution in [2.75, 3.05) is 0 Å². The molecule has 3 rings (SSSR count). The zero-order chi connectivity index (χ0) is 15.5. The summed E-state index contributed by atoms with van der Waals surface area (Å²) in [5, 5.41) is 3.03. The van der Waals surface area contributed by atoms with Crippen molar-refractivity contribution in [3.05, 3.63) is 75.4 Å². The first-order valence-electron chi connectivity index (χ1n) is 6.41. The van der Waals surface area contributed by atoms with Crippen molar-refractivity contribution in [3.63, 3.8) is 0 Å². The monoisotopic (exact) mass is 316 g/mol. The SMILES string of the molecule is O=c1o[nH]c(-c2ccccc2F)c1C=Nc1ccc(Cl)cc1. The highest BCUT2D eigenvalue weighted by atomic mass is 35.5. The Balaban J connectivity index is 2.02. The molecule has 0 saturated heterocycles. The average molecular weight is 317 g/mol. The number of nitrogens with zero attached hydrogens (tertiary/aromatic N) is 1. The lowest BCUT2D eigenvalue weighted by Crippen LogP contribution is -2.01. The van der Waals surface area contributed by atoms with Gasteiger partial charge in [0, 0.05) is 16.8 Å². The largest absolute Gasteiger partial charge is 0.366 e. The second-order valence-electron chi connectivity index (χ2n) is 4.49. The molecule has 0 saturated carbocycles. The van der Waals surface area contributed by atoms with Crippen molar-refractivity contribution in [2.45, 2.75) is 0 Å². The molecule has 0 radical (unpaired) electrons. The Bertz CT molecular complexity index is 882. The summed E-state index contributed by atoms with van der Waals surface area (Å²) in [4.78, 5) is 15.9. The number of nitrogens with one attached hydrogen (secondary N) is 1. The molecular weight excluding hydrogens is 307 g/mol. The molecule has 2 aromatic carbocycles. The normalized spacial score (nSPS) is 11.2. The minimum atomic E-state index is -0.615. The Morgan fingerprint density at radius 3 is 2.59 bits per heavy atom. The molecule has 0 unspecified atom stereocenters. The van der Waals surface area contributed by atoms with Crippen LogP contribution in [0.25, 0.3) is 11.3 Å². The molecular formula is C16H10ClFN2O2. The van der Waals surface area contributed by atoms with E-state index >= 15 is 0 Å². The van der Waals surface area contributed by atoms with E-state index in [4.69, 9.17) is 16.1 Å². The molecule has 0 atom stereocenters. The molecule has 0 spiro atoms. The van der Waals surface area contributed by atoms with Crippen LogP contribution >= 0.6 is 11.6 Å². The van der Waals surface area contributed by atoms with Gasteiger partial charge in [0.05, 0.1) is 11.4 Å². The number of aromatic amines is 1. The highest BCUT2D eigenvalue weighted by Crippen LogP contribution is 2.22. The maximum Gasteiger partial charge on any atom is 0.366 e. The van der Waals surface area contributed by atoms with Crippen LogP contribution in [0.2, 0.25) is 5.02 Å². The summed E-state index contributed by atoms with van der Waals surface area (Å²) in [5.74, 6) is -0.458. The van der Waals surface area contributed by atoms with Gasteiger partial charge in [-0.1, -0.05) is 23.7 Å². The Morgan fingerprint density at radius 2 is 1.86 bits per heavy atom. The van der Waals surface area contributed by atoms with E-state index in [1.807, 2.05) is 0 Å². The van der Waals surface area contributed by atoms with Crippen LogP contribution in [0.1, 0.15) is 5.56 Å². The molecule has 0 aliphatic carbocycles. The van der Waals surface area contributed by atoms with Crippen molar-refractivity contribution in [3.8, 4) is 11.3 Å². The van der Waals surface area contributed by atoms with Crippen LogP contribution in [0.15, 0.2) is 62.8 Å². The Hall–Kier alpha value is -2.66. The van der Waals surface area contributed by atoms with Crippen molar-refractivity contribution >= 4 is 23.5 Å². The lowest BCUT2D eigenvalue weighted by Gasteiger charge is -1.99. The van der Waals surface area contributed by atoms with E-state index in [1.54, 1.807) is 42.5 Å². The third kappa shape index (κ3) is 2.84. The van der Waals surface area contributed by atoms with E-state index in [0.29, 0.717) is 10.7 Å². The fraction of sp³-hybridized carbons (Fsp3) is 0. The first-order valence-corrected chi connectivity index (χ1v) is 6.79. The van der Waals surface area contributed by atoms with Crippen LogP contribution in [-0.2, 0) is 0 Å². The van der Waals surface area contributed by atoms with E-state index in [0.717, 1.165) is 0 Å². The number of H-pyrrole nitrogens is 1. The van der Waals surface area contributed by atoms with Gasteiger partial charge in [-0.15, -0.1) is 0 Å². The standard InChI is InChI=1S/C16H10ClFN2O2/c17-10-5-7-11(8-6-10)19-9-13-15(20-22-16(13)21)12-3-1-2-4-14(12)18/h1-9,20H. The van der Waals surface area contributed by atoms with E-state index in [9.17, 15) is 9.18 Å². The van der Waals surface area contributed by atoms with Gasteiger partial charge in [0.2, 0.25) is 0 Å². The third-order valence-corrected chi connectivity index (χ3v) is 3.30. The van der Waals surface area contributed by atoms with Crippen molar-refractivity contribution in [1.29, 1.82) is 0 Å². The number of halogens is 2. The number of aromatic nitrogens is 1. The van der Waals surface area contributed by atoms with Gasteiger partial charge in [-0.05, 0) is 36.4 Å². The fourth-order valence-electron chi connectivity index (χ4n) is 1.96. The first-order chi connectivity index (χ1) is 10.6. The Kier molecular flexibility index (Phi) is 3.89. The van der Waals surface area contributed by atoms with Gasteiger partial charge in [-0.2, -0.15) is 0 Å². The highest BCUT2D eigenvalue weighted by Gasteiger charge is 2.15. The van der Waals surface area contributed by atoms with Gasteiger partial charge >= 0.3 is 5.63 Å². The van der Waals surface area contributed by atoms with Crippen LogP contribution in [0.5, 0.6) is 0 Å². The van der Waals surface area contributed by atoms with E-state index in [1.165, 1.54) is 12.3 Å². The second-order valence-corrected chi connectivity index (χ2v) is 4.93. The van der Waals surface area contributed by atoms with Crippen LogP contribution < -0.4 is 5.63 Å². The van der Waals surface area contributed by atoms with Gasteiger partial charge in [0.25, 0.3) is 0 Å². The number of aliphatic imine (C=N–C) groups is 1. The minimum absolute atomic E-state index is 0.153. The molecule has 1 aromatic heterocycles. The van der Waals surface area contributed by atoms with Gasteiger partial charge in [0.15, 0.2) is 0 Å². The summed E-state index contributed by atoms with van der Waals surface area (Å²) >= 11 is 5.80. The van der Waals surface area contributed by atoms with Gasteiger partial charge in [-0.25, -0.2) is 14.3 Å². The van der Waals surface area contributed by atoms with Crippen LogP contribution in [0.4, 0.5) is 10.1 Å². The van der Waals surface area contributed by atoms with Gasteiger partial charge < -0.3 is 4.52 Å². The lowest BCUT2D eigenvalue weighted by molar-refractivity contribution is 0.393. The molecule has 110 valence electrons. The highest BCUT2D eigenvalue weighted by molar-refractivity contribution is 6.30. The van der Waals surface area contributed by atoms with Crippen LogP contribution in [0, 0.1) is 5.82 Å². The molecule has 0 bridgehead atoms. The summed E-state index contributed by atoms with van der Waals surface area (Å²) in [7, 11) is 0. The third-order valence-electron chi connectivity index (χ3n) is 3.05. The molecule has 0 aliphatic heterocycles. The zero-order valence-electron chi connectivity index (χ0n) is 11.2. The van der Waals surface area contributed by atoms with Gasteiger partial charge in [-0.3, -0.25) is 4.99 Å². The van der Waals surface area contributed by atoms with E-state index in [-0.39, 0.29) is 16.8 Å². The molecule has 1 heterocycles. The molecule has 1 N–H and O–H groups in total. The molecule has 0 aliphatic rings. The summed E-state index contributed by atoms with van der Waals surface area (Å²) < 4.78 is 18.6. The van der Waals surface area contributed by atoms with Crippen molar-refractivity contribution < 1.29 is 8.91 Å². The second kappa shape index (κ2) is 5.99. The maximum atomic E-state index is 13.8. The number of rotatable bonds is 3. The van der Waals surface area contributed by atoms with E-state index < -0.39 is 11.4 Å². The van der Waals surface area contributed by atoms with Crippen LogP contribution in [0.3, 0.4) is 0 Å². The molecule has 0 amide bonds. The lowest BCUT2D eigenvalue weighted by atomic mass is 10.1. The van der Waals surface area contributed by atoms with Crippen LogP contribution in [-0.4, -0.2) is 11.4 Å². The zero-order valence-corrected chi connectivity index (χ0v) is 12.0. The predicted molar refractivity (Wildman–Crippen MR) is 83.4 cm³/mol. The van der Waals surface area contributed by atoms with Crippen molar-refractivity contribution in [1.82, 2.24) is 5.16 Å². The minimum Gasteiger partial charge on any atom is -0.338 e. The Morgan fingerprint density at radius 1 is 1.14 bits per heavy atom. The maximum absolute atomic E-state index is 13.8. The van der Waals surface area contributed by atoms with Crippen molar-refractivity contribution in [2.24, 2.45) is 4.99 Å². The summed E-state index contributed by atoms with van der Waals surface area (Å²) in [6.45, 7) is 0. The Labute approximate surface area is 129 Å². The summed E-state index contributed by atoms with van der Waals surface area (Å²) in [5.41, 5.74) is 0.646. The predicted octanol–water partition coefficient (Wildman–Crippen LogP) is 4.18. The fourth-order valence-corrected chi connectivity index (χ4v) is 2.08. The van der Waals surface area contributed by atoms with Gasteiger partial charge in [0.1, 0.15) is 11.4 Å². The molecule has 22 heavy (non-hydrogen) atoms. The smallest absolute Gasteiger partial charge is 0.338 e. The molecule has 6 heteroatoms. The first kappa shape index (κ1) is 14.3. The summed E-state index contributed by atoms with van der Waals surface area (Å²) in [6, 6.07) is 12.9. The number of hydrogen-bond acceptors (Lipinski definition) is 3. The number of benzene rings is 2. The topological polar surface area (TPSA) is 58.4 Å². The summed E-state index contributed by atoms with van der Waals surface area (Å²) in [6.07, 6.45) is 1.34.